The Morgan fingerprint density at radius 3 is 2.43 bits per heavy atom. The molecule has 3 N–H and O–H groups in total. The van der Waals surface area contributed by atoms with E-state index in [0.717, 1.165) is 16.8 Å². The van der Waals surface area contributed by atoms with Gasteiger partial charge >= 0.3 is 0 Å². The van der Waals surface area contributed by atoms with Gasteiger partial charge in [-0.05, 0) is 37.1 Å². The number of nitrogens with two attached hydrogens (primary N) is 1. The lowest BCUT2D eigenvalue weighted by atomic mass is 10.1. The van der Waals surface area contributed by atoms with Gasteiger partial charge in [-0.15, -0.1) is 0 Å². The molecule has 0 unspecified atom stereocenters. The number of benzene rings is 2. The monoisotopic (exact) mass is 278 g/mol. The van der Waals surface area contributed by atoms with E-state index in [1.54, 1.807) is 6.07 Å². The van der Waals surface area contributed by atoms with Crippen LogP contribution >= 0.6 is 0 Å². The second-order valence-corrected chi connectivity index (χ2v) is 4.77. The number of carbonyl (C=O) groups is 1. The first-order valence-corrected chi connectivity index (χ1v) is 6.79. The van der Waals surface area contributed by atoms with Crippen molar-refractivity contribution in [1.29, 1.82) is 0 Å². The van der Waals surface area contributed by atoms with Crippen LogP contribution < -0.4 is 11.1 Å². The van der Waals surface area contributed by atoms with E-state index < -0.39 is 0 Å². The molecule has 0 bridgehead atoms. The van der Waals surface area contributed by atoms with Crippen molar-refractivity contribution in [2.75, 3.05) is 11.9 Å². The molecule has 0 aliphatic heterocycles. The zero-order valence-electron chi connectivity index (χ0n) is 12.2. The van der Waals surface area contributed by atoms with Crippen LogP contribution in [0.15, 0.2) is 42.5 Å². The van der Waals surface area contributed by atoms with Crippen LogP contribution in [0.1, 0.15) is 27.0 Å². The summed E-state index contributed by atoms with van der Waals surface area (Å²) in [7, 11) is 0. The van der Waals surface area contributed by atoms with E-state index >= 15 is 0 Å². The fourth-order valence-corrected chi connectivity index (χ4v) is 2.13. The predicted molar refractivity (Wildman–Crippen MR) is 86.2 cm³/mol. The lowest BCUT2D eigenvalue weighted by molar-refractivity contribution is 0.102. The van der Waals surface area contributed by atoms with Gasteiger partial charge in [0.15, 0.2) is 0 Å². The number of nitrogens with one attached hydrogen (secondary N) is 1. The first kappa shape index (κ1) is 14.8. The average Bonchev–Trinajstić information content (AvgIpc) is 2.49. The van der Waals surface area contributed by atoms with Crippen LogP contribution in [0.4, 0.5) is 5.69 Å². The van der Waals surface area contributed by atoms with Crippen molar-refractivity contribution >= 4 is 11.6 Å². The van der Waals surface area contributed by atoms with Crippen LogP contribution in [0.5, 0.6) is 0 Å². The summed E-state index contributed by atoms with van der Waals surface area (Å²) in [4.78, 5) is 12.5. The van der Waals surface area contributed by atoms with E-state index in [1.807, 2.05) is 50.2 Å². The summed E-state index contributed by atoms with van der Waals surface area (Å²) in [5, 5.41) is 2.97. The zero-order chi connectivity index (χ0) is 15.2. The minimum absolute atomic E-state index is 0.158. The van der Waals surface area contributed by atoms with E-state index in [9.17, 15) is 4.79 Å². The zero-order valence-corrected chi connectivity index (χ0v) is 12.2. The topological polar surface area (TPSA) is 55.1 Å². The minimum atomic E-state index is -0.158. The van der Waals surface area contributed by atoms with Gasteiger partial charge in [0.05, 0.1) is 12.1 Å². The molecule has 1 amide bonds. The summed E-state index contributed by atoms with van der Waals surface area (Å²) in [5.74, 6) is 5.56. The Labute approximate surface area is 125 Å². The molecular weight excluding hydrogens is 260 g/mol. The molecule has 0 radical (unpaired) electrons. The van der Waals surface area contributed by atoms with Gasteiger partial charge in [0.2, 0.25) is 0 Å². The Bertz CT molecular complexity index is 703. The Hall–Kier alpha value is -2.57. The van der Waals surface area contributed by atoms with E-state index in [-0.39, 0.29) is 12.5 Å². The number of para-hydroxylation sites is 1. The quantitative estimate of drug-likeness (QED) is 0.830. The minimum Gasteiger partial charge on any atom is -0.321 e. The number of carbonyl (C=O) groups excluding carboxylic acids is 1. The van der Waals surface area contributed by atoms with Crippen molar-refractivity contribution in [3.05, 3.63) is 64.7 Å². The fourth-order valence-electron chi connectivity index (χ4n) is 2.13. The third-order valence-corrected chi connectivity index (χ3v) is 3.22. The maximum atomic E-state index is 12.5. The van der Waals surface area contributed by atoms with Gasteiger partial charge in [-0.2, -0.15) is 0 Å². The Kier molecular flexibility index (Phi) is 4.76. The molecule has 21 heavy (non-hydrogen) atoms. The molecule has 0 heterocycles. The van der Waals surface area contributed by atoms with Crippen molar-refractivity contribution in [3.8, 4) is 11.8 Å². The lowest BCUT2D eigenvalue weighted by Gasteiger charge is -2.12. The van der Waals surface area contributed by atoms with E-state index in [1.165, 1.54) is 0 Å². The van der Waals surface area contributed by atoms with Gasteiger partial charge in [0.25, 0.3) is 5.91 Å². The normalized spacial score (nSPS) is 9.67. The van der Waals surface area contributed by atoms with Crippen molar-refractivity contribution < 1.29 is 4.79 Å². The third-order valence-electron chi connectivity index (χ3n) is 3.22. The average molecular weight is 278 g/mol. The molecule has 106 valence electrons. The highest BCUT2D eigenvalue weighted by Crippen LogP contribution is 2.21. The number of hydrogen-bond donors (Lipinski definition) is 2. The van der Waals surface area contributed by atoms with Gasteiger partial charge in [0.1, 0.15) is 0 Å². The Balaban J connectivity index is 2.33. The maximum Gasteiger partial charge on any atom is 0.256 e. The molecule has 2 aromatic carbocycles. The number of aryl methyl sites for hydroxylation is 2. The van der Waals surface area contributed by atoms with Gasteiger partial charge in [-0.25, -0.2) is 0 Å². The second kappa shape index (κ2) is 6.74. The molecule has 0 atom stereocenters. The van der Waals surface area contributed by atoms with Crippen LogP contribution in [0.3, 0.4) is 0 Å². The number of amides is 1. The molecule has 0 saturated heterocycles. The first-order valence-electron chi connectivity index (χ1n) is 6.79. The van der Waals surface area contributed by atoms with Crippen LogP contribution in [-0.2, 0) is 0 Å². The van der Waals surface area contributed by atoms with Gasteiger partial charge in [-0.1, -0.05) is 42.2 Å². The van der Waals surface area contributed by atoms with Gasteiger partial charge in [-0.3, -0.25) is 4.79 Å². The standard InChI is InChI=1S/C18H18N2O/c1-13-7-5-8-14(2)17(13)20-18(21)16-11-4-3-9-15(16)10-6-12-19/h3-5,7-9,11H,12,19H2,1-2H3,(H,20,21). The van der Waals surface area contributed by atoms with Crippen LogP contribution in [0, 0.1) is 25.7 Å². The number of hydrogen-bond acceptors (Lipinski definition) is 2. The molecule has 3 heteroatoms. The number of anilines is 1. The Morgan fingerprint density at radius 1 is 1.10 bits per heavy atom. The SMILES string of the molecule is Cc1cccc(C)c1NC(=O)c1ccccc1C#CCN. The molecule has 0 aliphatic rings. The van der Waals surface area contributed by atoms with Crippen molar-refractivity contribution in [3.63, 3.8) is 0 Å². The second-order valence-electron chi connectivity index (χ2n) is 4.77. The summed E-state index contributed by atoms with van der Waals surface area (Å²) >= 11 is 0. The summed E-state index contributed by atoms with van der Waals surface area (Å²) < 4.78 is 0. The van der Waals surface area contributed by atoms with Gasteiger partial charge < -0.3 is 11.1 Å². The predicted octanol–water partition coefficient (Wildman–Crippen LogP) is 2.87. The maximum absolute atomic E-state index is 12.5. The summed E-state index contributed by atoms with van der Waals surface area (Å²) in [5.41, 5.74) is 9.56. The fraction of sp³-hybridized carbons (Fsp3) is 0.167. The lowest BCUT2D eigenvalue weighted by Crippen LogP contribution is -2.15. The summed E-state index contributed by atoms with van der Waals surface area (Å²) in [6, 6.07) is 13.2. The van der Waals surface area contributed by atoms with E-state index in [2.05, 4.69) is 17.2 Å². The molecule has 2 aromatic rings. The van der Waals surface area contributed by atoms with E-state index in [4.69, 9.17) is 5.73 Å². The molecule has 2 rings (SSSR count). The van der Waals surface area contributed by atoms with Crippen LogP contribution in [-0.4, -0.2) is 12.5 Å². The molecule has 0 saturated carbocycles. The highest BCUT2D eigenvalue weighted by Gasteiger charge is 2.12. The van der Waals surface area contributed by atoms with E-state index in [0.29, 0.717) is 11.1 Å². The third kappa shape index (κ3) is 3.50. The molecule has 0 aliphatic carbocycles. The van der Waals surface area contributed by atoms with Crippen molar-refractivity contribution in [2.24, 2.45) is 5.73 Å². The van der Waals surface area contributed by atoms with Gasteiger partial charge in [0, 0.05) is 11.3 Å². The molecule has 0 fully saturated rings. The summed E-state index contributed by atoms with van der Waals surface area (Å²) in [6.07, 6.45) is 0. The molecular formula is C18H18N2O. The largest absolute Gasteiger partial charge is 0.321 e. The first-order chi connectivity index (χ1) is 10.1. The van der Waals surface area contributed by atoms with Crippen LogP contribution in [0.2, 0.25) is 0 Å². The smallest absolute Gasteiger partial charge is 0.256 e. The number of rotatable bonds is 2. The highest BCUT2D eigenvalue weighted by atomic mass is 16.1. The Morgan fingerprint density at radius 2 is 1.76 bits per heavy atom. The van der Waals surface area contributed by atoms with Crippen molar-refractivity contribution in [2.45, 2.75) is 13.8 Å². The van der Waals surface area contributed by atoms with Crippen molar-refractivity contribution in [1.82, 2.24) is 0 Å². The van der Waals surface area contributed by atoms with Crippen LogP contribution in [0.25, 0.3) is 0 Å². The molecule has 0 spiro atoms. The molecule has 0 aromatic heterocycles. The highest BCUT2D eigenvalue weighted by molar-refractivity contribution is 6.06. The summed E-state index contributed by atoms with van der Waals surface area (Å²) in [6.45, 7) is 4.22. The molecule has 3 nitrogen and oxygen atoms in total.